The Morgan fingerprint density at radius 1 is 1.22 bits per heavy atom. The van der Waals surface area contributed by atoms with Gasteiger partial charge in [0.1, 0.15) is 5.82 Å². The molecule has 1 aromatic rings. The highest BCUT2D eigenvalue weighted by molar-refractivity contribution is 6.35. The summed E-state index contributed by atoms with van der Waals surface area (Å²) in [6.07, 6.45) is 0. The van der Waals surface area contributed by atoms with E-state index in [0.29, 0.717) is 5.56 Å². The van der Waals surface area contributed by atoms with Crippen LogP contribution >= 0.6 is 23.2 Å². The van der Waals surface area contributed by atoms with Gasteiger partial charge in [-0.25, -0.2) is 4.39 Å². The van der Waals surface area contributed by atoms with E-state index in [1.165, 1.54) is 12.1 Å². The highest BCUT2D eigenvalue weighted by Gasteiger charge is 2.19. The molecule has 2 amide bonds. The van der Waals surface area contributed by atoms with Crippen LogP contribution in [0.5, 0.6) is 0 Å². The maximum absolute atomic E-state index is 13.5. The number of hydrogen-bond donors (Lipinski definition) is 3. The lowest BCUT2D eigenvalue weighted by Crippen LogP contribution is -2.47. The second-order valence-corrected chi connectivity index (χ2v) is 6.38. The number of rotatable bonds is 6. The molecule has 1 rings (SSSR count). The molecule has 0 heterocycles. The van der Waals surface area contributed by atoms with Crippen LogP contribution in [-0.4, -0.2) is 24.4 Å². The number of halogens is 3. The zero-order valence-electron chi connectivity index (χ0n) is 13.1. The van der Waals surface area contributed by atoms with Crippen LogP contribution in [0, 0.1) is 11.7 Å². The van der Waals surface area contributed by atoms with Gasteiger partial charge in [0.2, 0.25) is 11.8 Å². The Bertz CT molecular complexity index is 596. The molecule has 8 heteroatoms. The number of nitrogens with two attached hydrogens (primary N) is 1. The van der Waals surface area contributed by atoms with E-state index in [1.807, 2.05) is 13.8 Å². The van der Waals surface area contributed by atoms with E-state index in [4.69, 9.17) is 28.9 Å². The fourth-order valence-corrected chi connectivity index (χ4v) is 2.37. The Labute approximate surface area is 144 Å². The number of nitrogens with one attached hydrogen (secondary N) is 2. The van der Waals surface area contributed by atoms with Crippen LogP contribution in [0.1, 0.15) is 32.4 Å². The number of benzene rings is 1. The maximum Gasteiger partial charge on any atom is 0.239 e. The second kappa shape index (κ2) is 8.47. The van der Waals surface area contributed by atoms with E-state index in [0.717, 1.165) is 0 Å². The Morgan fingerprint density at radius 3 is 2.39 bits per heavy atom. The number of carbonyl (C=O) groups is 2. The first-order valence-corrected chi connectivity index (χ1v) is 7.86. The minimum absolute atomic E-state index is 0.0344. The van der Waals surface area contributed by atoms with Gasteiger partial charge < -0.3 is 16.4 Å². The lowest BCUT2D eigenvalue weighted by Gasteiger charge is -2.18. The number of carbonyl (C=O) groups excluding carboxylic acids is 2. The smallest absolute Gasteiger partial charge is 0.239 e. The highest BCUT2D eigenvalue weighted by Crippen LogP contribution is 2.28. The van der Waals surface area contributed by atoms with E-state index in [9.17, 15) is 14.0 Å². The molecule has 1 aromatic carbocycles. The summed E-state index contributed by atoms with van der Waals surface area (Å²) in [7, 11) is 0. The topological polar surface area (TPSA) is 84.2 Å². The monoisotopic (exact) mass is 363 g/mol. The van der Waals surface area contributed by atoms with Gasteiger partial charge in [-0.3, -0.25) is 9.59 Å². The summed E-state index contributed by atoms with van der Waals surface area (Å²) in [5, 5.41) is 5.22. The Kier molecular flexibility index (Phi) is 7.25. The summed E-state index contributed by atoms with van der Waals surface area (Å²) in [6, 6.07) is 1.22. The predicted molar refractivity (Wildman–Crippen MR) is 88.8 cm³/mol. The third-order valence-electron chi connectivity index (χ3n) is 3.33. The van der Waals surface area contributed by atoms with Crippen molar-refractivity contribution in [1.82, 2.24) is 10.6 Å². The van der Waals surface area contributed by atoms with Gasteiger partial charge in [0.05, 0.1) is 23.7 Å². The van der Waals surface area contributed by atoms with E-state index < -0.39 is 29.7 Å². The Hall–Kier alpha value is -1.37. The Morgan fingerprint density at radius 2 is 1.83 bits per heavy atom. The maximum atomic E-state index is 13.5. The molecule has 0 saturated heterocycles. The minimum Gasteiger partial charge on any atom is -0.348 e. The molecule has 2 atom stereocenters. The molecule has 23 heavy (non-hydrogen) atoms. The molecule has 128 valence electrons. The highest BCUT2D eigenvalue weighted by atomic mass is 35.5. The van der Waals surface area contributed by atoms with E-state index in [2.05, 4.69) is 10.6 Å². The molecular formula is C15H20Cl2FN3O2. The lowest BCUT2D eigenvalue weighted by molar-refractivity contribution is -0.127. The van der Waals surface area contributed by atoms with Crippen molar-refractivity contribution in [3.05, 3.63) is 33.6 Å². The van der Waals surface area contributed by atoms with Crippen LogP contribution in [-0.2, 0) is 9.59 Å². The van der Waals surface area contributed by atoms with Crippen LogP contribution in [0.25, 0.3) is 0 Å². The minimum atomic E-state index is -0.681. The van der Waals surface area contributed by atoms with Gasteiger partial charge in [-0.05, 0) is 30.5 Å². The zero-order valence-corrected chi connectivity index (χ0v) is 14.6. The molecule has 1 unspecified atom stereocenters. The van der Waals surface area contributed by atoms with E-state index in [-0.39, 0.29) is 22.5 Å². The molecule has 0 aliphatic rings. The summed E-state index contributed by atoms with van der Waals surface area (Å²) in [4.78, 5) is 23.5. The van der Waals surface area contributed by atoms with Crippen molar-refractivity contribution in [3.63, 3.8) is 0 Å². The first-order valence-electron chi connectivity index (χ1n) is 7.10. The quantitative estimate of drug-likeness (QED) is 0.678. The summed E-state index contributed by atoms with van der Waals surface area (Å²) in [5.74, 6) is -1.50. The lowest BCUT2D eigenvalue weighted by atomic mass is 10.1. The van der Waals surface area contributed by atoms with Crippen LogP contribution in [0.15, 0.2) is 12.1 Å². The van der Waals surface area contributed by atoms with Gasteiger partial charge in [-0.15, -0.1) is 0 Å². The van der Waals surface area contributed by atoms with Gasteiger partial charge >= 0.3 is 0 Å². The second-order valence-electron chi connectivity index (χ2n) is 5.56. The zero-order chi connectivity index (χ0) is 17.7. The first-order chi connectivity index (χ1) is 10.6. The standard InChI is InChI=1S/C15H20Cl2FN3O2/c1-7(2)14(19)15(23)20-6-13(22)21-8(3)9-4-12(18)11(17)5-10(9)16/h4-5,7-8,14H,6,19H2,1-3H3,(H,20,23)(H,21,22)/t8?,14-/m0/s1. The molecule has 0 saturated carbocycles. The first kappa shape index (κ1) is 19.7. The van der Waals surface area contributed by atoms with Crippen LogP contribution in [0.3, 0.4) is 0 Å². The van der Waals surface area contributed by atoms with Crippen molar-refractivity contribution in [2.75, 3.05) is 6.54 Å². The number of hydrogen-bond acceptors (Lipinski definition) is 3. The van der Waals surface area contributed by atoms with Gasteiger partial charge in [0.15, 0.2) is 0 Å². The number of amides is 2. The summed E-state index contributed by atoms with van der Waals surface area (Å²) in [6.45, 7) is 5.04. The summed E-state index contributed by atoms with van der Waals surface area (Å²) in [5.41, 5.74) is 6.07. The summed E-state index contributed by atoms with van der Waals surface area (Å²) >= 11 is 11.6. The molecule has 5 nitrogen and oxygen atoms in total. The molecular weight excluding hydrogens is 344 g/mol. The van der Waals surface area contributed by atoms with E-state index >= 15 is 0 Å². The molecule has 0 aliphatic heterocycles. The predicted octanol–water partition coefficient (Wildman–Crippen LogP) is 2.41. The van der Waals surface area contributed by atoms with Crippen molar-refractivity contribution in [3.8, 4) is 0 Å². The third kappa shape index (κ3) is 5.64. The SMILES string of the molecule is CC(NC(=O)CNC(=O)[C@@H](N)C(C)C)c1cc(F)c(Cl)cc1Cl. The van der Waals surface area contributed by atoms with Gasteiger partial charge in [-0.1, -0.05) is 37.0 Å². The fourth-order valence-electron chi connectivity index (χ4n) is 1.83. The van der Waals surface area contributed by atoms with Crippen LogP contribution in [0.4, 0.5) is 4.39 Å². The van der Waals surface area contributed by atoms with Gasteiger partial charge in [0.25, 0.3) is 0 Å². The molecule has 0 aromatic heterocycles. The average Bonchev–Trinajstić information content (AvgIpc) is 2.47. The normalized spacial score (nSPS) is 13.6. The molecule has 0 bridgehead atoms. The Balaban J connectivity index is 2.61. The fraction of sp³-hybridized carbons (Fsp3) is 0.467. The molecule has 0 aliphatic carbocycles. The van der Waals surface area contributed by atoms with Crippen molar-refractivity contribution < 1.29 is 14.0 Å². The molecule has 0 fully saturated rings. The van der Waals surface area contributed by atoms with Crippen LogP contribution < -0.4 is 16.4 Å². The molecule has 4 N–H and O–H groups in total. The van der Waals surface area contributed by atoms with Crippen molar-refractivity contribution in [1.29, 1.82) is 0 Å². The van der Waals surface area contributed by atoms with Crippen molar-refractivity contribution >= 4 is 35.0 Å². The van der Waals surface area contributed by atoms with Gasteiger partial charge in [-0.2, -0.15) is 0 Å². The average molecular weight is 364 g/mol. The summed E-state index contributed by atoms with van der Waals surface area (Å²) < 4.78 is 13.5. The van der Waals surface area contributed by atoms with E-state index in [1.54, 1.807) is 6.92 Å². The van der Waals surface area contributed by atoms with Crippen molar-refractivity contribution in [2.45, 2.75) is 32.9 Å². The molecule has 0 spiro atoms. The van der Waals surface area contributed by atoms with Gasteiger partial charge in [0, 0.05) is 5.02 Å². The van der Waals surface area contributed by atoms with Crippen LogP contribution in [0.2, 0.25) is 10.0 Å². The third-order valence-corrected chi connectivity index (χ3v) is 3.94. The largest absolute Gasteiger partial charge is 0.348 e. The van der Waals surface area contributed by atoms with Crippen molar-refractivity contribution in [2.24, 2.45) is 11.7 Å². The molecule has 0 radical (unpaired) electrons.